The lowest BCUT2D eigenvalue weighted by atomic mass is 9.33. The zero-order valence-electron chi connectivity index (χ0n) is 48.8. The number of anilines is 7. The second kappa shape index (κ2) is 15.9. The van der Waals surface area contributed by atoms with Crippen molar-refractivity contribution in [2.75, 3.05) is 14.7 Å². The molecule has 0 N–H and O–H groups in total. The molecule has 4 unspecified atom stereocenters. The molecule has 81 heavy (non-hydrogen) atoms. The van der Waals surface area contributed by atoms with Crippen molar-refractivity contribution < 1.29 is 4.42 Å². The number of para-hydroxylation sites is 2. The number of nitrogens with zero attached hydrogens (tertiary/aromatic N) is 4. The van der Waals surface area contributed by atoms with E-state index in [1.807, 2.05) is 11.3 Å². The summed E-state index contributed by atoms with van der Waals surface area (Å²) in [6.45, 7) is 24.6. The van der Waals surface area contributed by atoms with Crippen molar-refractivity contribution in [3.05, 3.63) is 174 Å². The normalized spacial score (nSPS) is 23.6. The van der Waals surface area contributed by atoms with E-state index in [4.69, 9.17) is 4.42 Å². The molecule has 7 heteroatoms. The zero-order chi connectivity index (χ0) is 55.1. The second-order valence-electron chi connectivity index (χ2n) is 28.3. The molecule has 2 aliphatic carbocycles. The van der Waals surface area contributed by atoms with Crippen molar-refractivity contribution in [2.45, 2.75) is 153 Å². The number of hydrogen-bond donors (Lipinski definition) is 0. The molecule has 0 bridgehead atoms. The van der Waals surface area contributed by atoms with Crippen LogP contribution in [0.4, 0.5) is 39.8 Å². The lowest BCUT2D eigenvalue weighted by molar-refractivity contribution is 0.195. The highest BCUT2D eigenvalue weighted by atomic mass is 32.1. The Morgan fingerprint density at radius 2 is 1.05 bits per heavy atom. The summed E-state index contributed by atoms with van der Waals surface area (Å²) in [5.74, 6) is 0. The predicted octanol–water partition coefficient (Wildman–Crippen LogP) is 18.6. The summed E-state index contributed by atoms with van der Waals surface area (Å²) in [6.07, 6.45) is 9.54. The number of hydrogen-bond acceptors (Lipinski definition) is 5. The smallest absolute Gasteiger partial charge is 0.252 e. The van der Waals surface area contributed by atoms with E-state index < -0.39 is 0 Å². The minimum absolute atomic E-state index is 0.00999. The summed E-state index contributed by atoms with van der Waals surface area (Å²) in [5.41, 5.74) is 24.1. The summed E-state index contributed by atoms with van der Waals surface area (Å²) < 4.78 is 12.3. The van der Waals surface area contributed by atoms with E-state index in [1.54, 1.807) is 0 Å². The molecule has 11 aromatic rings. The van der Waals surface area contributed by atoms with Crippen LogP contribution in [0, 0.1) is 0 Å². The highest BCUT2D eigenvalue weighted by Crippen LogP contribution is 2.64. The third kappa shape index (κ3) is 6.04. The van der Waals surface area contributed by atoms with Crippen LogP contribution in [0.25, 0.3) is 58.8 Å². The van der Waals surface area contributed by atoms with Crippen molar-refractivity contribution in [1.82, 2.24) is 4.57 Å². The first-order valence-corrected chi connectivity index (χ1v) is 31.1. The number of thiophene rings is 1. The first-order valence-electron chi connectivity index (χ1n) is 30.3. The van der Waals surface area contributed by atoms with E-state index in [2.05, 4.69) is 240 Å². The van der Waals surface area contributed by atoms with Crippen molar-refractivity contribution in [3.63, 3.8) is 0 Å². The number of aromatic nitrogens is 1. The van der Waals surface area contributed by atoms with Crippen molar-refractivity contribution in [1.29, 1.82) is 0 Å². The molecule has 4 atom stereocenters. The average molecular weight is 1080 g/mol. The molecule has 0 saturated heterocycles. The molecular weight excluding hydrogens is 1000 g/mol. The minimum Gasteiger partial charge on any atom is -0.454 e. The third-order valence-electron chi connectivity index (χ3n) is 22.2. The van der Waals surface area contributed by atoms with Gasteiger partial charge in [0.25, 0.3) is 6.71 Å². The predicted molar refractivity (Wildman–Crippen MR) is 346 cm³/mol. The summed E-state index contributed by atoms with van der Waals surface area (Å²) >= 11 is 1.92. The average Bonchev–Trinajstić information content (AvgIpc) is 1.93. The molecule has 4 aliphatic heterocycles. The van der Waals surface area contributed by atoms with Gasteiger partial charge in [0, 0.05) is 81.6 Å². The van der Waals surface area contributed by atoms with Gasteiger partial charge < -0.3 is 23.7 Å². The lowest BCUT2D eigenvalue weighted by Gasteiger charge is -2.51. The molecule has 0 radical (unpaired) electrons. The van der Waals surface area contributed by atoms with Gasteiger partial charge in [0.1, 0.15) is 11.1 Å². The molecule has 3 aromatic heterocycles. The van der Waals surface area contributed by atoms with E-state index in [0.717, 1.165) is 41.3 Å². The van der Waals surface area contributed by atoms with Crippen LogP contribution in [0.5, 0.6) is 0 Å². The molecule has 7 heterocycles. The summed E-state index contributed by atoms with van der Waals surface area (Å²) in [6, 6.07) is 60.0. The molecule has 0 amide bonds. The molecule has 0 spiro atoms. The molecule has 5 nitrogen and oxygen atoms in total. The Morgan fingerprint density at radius 3 is 1.74 bits per heavy atom. The van der Waals surface area contributed by atoms with Gasteiger partial charge in [-0.15, -0.1) is 11.3 Å². The topological polar surface area (TPSA) is 27.8 Å². The molecular formula is C74H71BN4OS. The Morgan fingerprint density at radius 1 is 0.469 bits per heavy atom. The molecule has 2 saturated carbocycles. The first-order chi connectivity index (χ1) is 38.9. The van der Waals surface area contributed by atoms with Gasteiger partial charge in [0.15, 0.2) is 5.58 Å². The van der Waals surface area contributed by atoms with Crippen molar-refractivity contribution >= 4 is 127 Å². The largest absolute Gasteiger partial charge is 0.454 e. The van der Waals surface area contributed by atoms with Gasteiger partial charge >= 0.3 is 0 Å². The van der Waals surface area contributed by atoms with Crippen LogP contribution in [0.3, 0.4) is 0 Å². The first kappa shape index (κ1) is 48.5. The standard InChI is InChI=1S/C74H71BN4OS/c1-69(2,3)44-29-33-55-51(39-44)71(7)35-15-17-37-73(71,9)78(55)46-31-32-53-58(41-46)76(57-25-20-28-63-64(57)49-22-12-14-27-62(49)81-63)59-42-47(79-56-34-30-45(70(4,5)6)40-52(56)72(8)36-16-18-38-74(72,79)10)43-60-65(59)75(53)54-24-19-23-50-66(54)77(60)67-48-21-11-13-26-61(48)80-68(50)67/h11-14,19-34,39-43H,15-18,35-38H2,1-10H3. The zero-order valence-corrected chi connectivity index (χ0v) is 49.6. The van der Waals surface area contributed by atoms with Crippen LogP contribution in [0.1, 0.15) is 143 Å². The van der Waals surface area contributed by atoms with Gasteiger partial charge in [-0.3, -0.25) is 0 Å². The Bertz CT molecular complexity index is 4580. The van der Waals surface area contributed by atoms with Crippen molar-refractivity contribution in [3.8, 4) is 5.69 Å². The van der Waals surface area contributed by atoms with Gasteiger partial charge in [-0.25, -0.2) is 0 Å². The van der Waals surface area contributed by atoms with E-state index in [9.17, 15) is 0 Å². The van der Waals surface area contributed by atoms with Crippen LogP contribution in [0.2, 0.25) is 0 Å². The molecule has 6 aliphatic rings. The molecule has 8 aromatic carbocycles. The quantitative estimate of drug-likeness (QED) is 0.165. The SMILES string of the molecule is CC(C)(C)c1ccc2c(c1)C1(C)CCCCC1(C)N2c1ccc2c(c1)N(c1cccc3sc4ccccc4c13)c1cc(N3c4ccc(C(C)(C)C)cc4C4(C)CCCCC34C)cc3c1B2c1cccc2c4oc5ccccc5c4n-3c12. The Balaban J connectivity index is 1.01. The van der Waals surface area contributed by atoms with Gasteiger partial charge in [-0.2, -0.15) is 0 Å². The Labute approximate surface area is 481 Å². The van der Waals surface area contributed by atoms with Gasteiger partial charge in [0.2, 0.25) is 0 Å². The maximum absolute atomic E-state index is 7.06. The number of furan rings is 1. The van der Waals surface area contributed by atoms with Crippen molar-refractivity contribution in [2.24, 2.45) is 0 Å². The maximum Gasteiger partial charge on any atom is 0.252 e. The summed E-state index contributed by atoms with van der Waals surface area (Å²) in [5, 5.41) is 4.95. The number of benzene rings is 8. The Hall–Kier alpha value is -7.22. The fourth-order valence-electron chi connectivity index (χ4n) is 17.5. The summed E-state index contributed by atoms with van der Waals surface area (Å²) in [7, 11) is 0. The highest BCUT2D eigenvalue weighted by molar-refractivity contribution is 7.26. The minimum atomic E-state index is -0.174. The molecule has 2 fully saturated rings. The Kier molecular flexibility index (Phi) is 9.49. The van der Waals surface area contributed by atoms with Crippen LogP contribution in [-0.4, -0.2) is 22.4 Å². The maximum atomic E-state index is 7.06. The van der Waals surface area contributed by atoms with E-state index >= 15 is 0 Å². The van der Waals surface area contributed by atoms with Gasteiger partial charge in [0.05, 0.1) is 22.3 Å². The monoisotopic (exact) mass is 1070 g/mol. The van der Waals surface area contributed by atoms with Crippen LogP contribution in [0.15, 0.2) is 156 Å². The van der Waals surface area contributed by atoms with E-state index in [-0.39, 0.29) is 39.5 Å². The molecule has 402 valence electrons. The van der Waals surface area contributed by atoms with Gasteiger partial charge in [-0.1, -0.05) is 160 Å². The third-order valence-corrected chi connectivity index (χ3v) is 23.3. The van der Waals surface area contributed by atoms with E-state index in [0.29, 0.717) is 0 Å². The number of fused-ring (bicyclic) bond motifs is 18. The highest BCUT2D eigenvalue weighted by Gasteiger charge is 2.60. The van der Waals surface area contributed by atoms with Crippen LogP contribution in [-0.2, 0) is 21.7 Å². The number of rotatable bonds is 3. The van der Waals surface area contributed by atoms with Crippen LogP contribution >= 0.6 is 11.3 Å². The van der Waals surface area contributed by atoms with E-state index in [1.165, 1.54) is 147 Å². The fourth-order valence-corrected chi connectivity index (χ4v) is 18.7. The van der Waals surface area contributed by atoms with Gasteiger partial charge in [-0.05, 0) is 162 Å². The lowest BCUT2D eigenvalue weighted by Crippen LogP contribution is -2.61. The second-order valence-corrected chi connectivity index (χ2v) is 29.4. The fraction of sp³-hybridized carbons (Fsp3) is 0.324. The van der Waals surface area contributed by atoms with Crippen LogP contribution < -0.4 is 31.1 Å². The summed E-state index contributed by atoms with van der Waals surface area (Å²) in [4.78, 5) is 8.41. The molecule has 17 rings (SSSR count).